The first kappa shape index (κ1) is 17.8. The van der Waals surface area contributed by atoms with Gasteiger partial charge in [-0.15, -0.1) is 0 Å². The summed E-state index contributed by atoms with van der Waals surface area (Å²) >= 11 is 0. The van der Waals surface area contributed by atoms with E-state index in [0.717, 1.165) is 37.0 Å². The lowest BCUT2D eigenvalue weighted by Crippen LogP contribution is -2.34. The zero-order chi connectivity index (χ0) is 18.5. The molecule has 1 aromatic heterocycles. The van der Waals surface area contributed by atoms with Gasteiger partial charge in [0.2, 0.25) is 0 Å². The Labute approximate surface area is 159 Å². The Morgan fingerprint density at radius 1 is 1.00 bits per heavy atom. The number of aromatic nitrogens is 1. The second-order valence-corrected chi connectivity index (χ2v) is 7.27. The third-order valence-corrected chi connectivity index (χ3v) is 5.45. The molecule has 1 saturated heterocycles. The van der Waals surface area contributed by atoms with Crippen molar-refractivity contribution in [2.45, 2.75) is 25.2 Å². The number of aromatic amines is 1. The number of hydrogen-bond acceptors (Lipinski definition) is 3. The molecule has 0 unspecified atom stereocenters. The largest absolute Gasteiger partial charge is 0.493 e. The number of hydrogen-bond donors (Lipinski definition) is 1. The first-order valence-electron chi connectivity index (χ1n) is 9.82. The molecule has 1 aliphatic rings. The fourth-order valence-electron chi connectivity index (χ4n) is 3.98. The summed E-state index contributed by atoms with van der Waals surface area (Å²) in [4.78, 5) is 17.2. The summed E-state index contributed by atoms with van der Waals surface area (Å²) in [6, 6.07) is 20.2. The Hall–Kier alpha value is -2.59. The van der Waals surface area contributed by atoms with Crippen molar-refractivity contribution in [1.29, 1.82) is 0 Å². The number of H-pyrrole nitrogens is 1. The molecule has 4 nitrogen and oxygen atoms in total. The van der Waals surface area contributed by atoms with Crippen LogP contribution in [0.4, 0.5) is 0 Å². The van der Waals surface area contributed by atoms with Gasteiger partial charge in [0.05, 0.1) is 12.1 Å². The quantitative estimate of drug-likeness (QED) is 0.669. The van der Waals surface area contributed by atoms with Crippen LogP contribution in [0.25, 0.3) is 10.9 Å². The molecule has 1 fully saturated rings. The molecule has 0 saturated carbocycles. The lowest BCUT2D eigenvalue weighted by atomic mass is 9.89. The van der Waals surface area contributed by atoms with Gasteiger partial charge in [0.1, 0.15) is 5.75 Å². The van der Waals surface area contributed by atoms with Crippen LogP contribution in [0.5, 0.6) is 5.75 Å². The van der Waals surface area contributed by atoms with Crippen LogP contribution in [0.3, 0.4) is 0 Å². The first-order valence-corrected chi connectivity index (χ1v) is 9.82. The Kier molecular flexibility index (Phi) is 5.54. The van der Waals surface area contributed by atoms with Crippen molar-refractivity contribution in [3.63, 3.8) is 0 Å². The second-order valence-electron chi connectivity index (χ2n) is 7.27. The molecule has 0 atom stereocenters. The number of benzene rings is 2. The summed E-state index contributed by atoms with van der Waals surface area (Å²) in [5, 5.41) is 0.959. The molecule has 0 bridgehead atoms. The third kappa shape index (κ3) is 4.40. The lowest BCUT2D eigenvalue weighted by Gasteiger charge is -2.32. The van der Waals surface area contributed by atoms with E-state index < -0.39 is 0 Å². The van der Waals surface area contributed by atoms with Crippen LogP contribution in [0.1, 0.15) is 30.7 Å². The van der Waals surface area contributed by atoms with E-state index in [1.54, 1.807) is 6.07 Å². The Morgan fingerprint density at radius 2 is 1.74 bits per heavy atom. The predicted molar refractivity (Wildman–Crippen MR) is 110 cm³/mol. The smallest absolute Gasteiger partial charge is 0.252 e. The maximum Gasteiger partial charge on any atom is 0.252 e. The molecule has 0 aliphatic carbocycles. The molecule has 2 aromatic carbocycles. The fourth-order valence-corrected chi connectivity index (χ4v) is 3.98. The molecule has 4 rings (SSSR count). The standard InChI is InChI=1S/C23H26N2O2/c26-23-17-22(20-9-4-5-10-21(20)24-23)27-16-6-13-25-14-11-19(12-15-25)18-7-2-1-3-8-18/h1-5,7-10,17,19H,6,11-16H2,(H,24,26). The molecule has 0 radical (unpaired) electrons. The minimum atomic E-state index is -0.119. The van der Waals surface area contributed by atoms with Crippen molar-refractivity contribution in [2.24, 2.45) is 0 Å². The molecule has 1 aliphatic heterocycles. The lowest BCUT2D eigenvalue weighted by molar-refractivity contribution is 0.193. The minimum Gasteiger partial charge on any atom is -0.493 e. The van der Waals surface area contributed by atoms with Gasteiger partial charge in [0.25, 0.3) is 5.56 Å². The van der Waals surface area contributed by atoms with E-state index >= 15 is 0 Å². The highest BCUT2D eigenvalue weighted by molar-refractivity contribution is 5.84. The van der Waals surface area contributed by atoms with Crippen LogP contribution in [0.15, 0.2) is 65.5 Å². The van der Waals surface area contributed by atoms with Gasteiger partial charge in [-0.2, -0.15) is 0 Å². The zero-order valence-corrected chi connectivity index (χ0v) is 15.6. The predicted octanol–water partition coefficient (Wildman–Crippen LogP) is 4.18. The van der Waals surface area contributed by atoms with Crippen molar-refractivity contribution >= 4 is 10.9 Å². The molecule has 0 amide bonds. The monoisotopic (exact) mass is 362 g/mol. The molecule has 27 heavy (non-hydrogen) atoms. The number of rotatable bonds is 6. The molecule has 1 N–H and O–H groups in total. The number of nitrogens with zero attached hydrogens (tertiary/aromatic N) is 1. The van der Waals surface area contributed by atoms with Crippen molar-refractivity contribution in [3.8, 4) is 5.75 Å². The number of para-hydroxylation sites is 1. The summed E-state index contributed by atoms with van der Waals surface area (Å²) in [5.41, 5.74) is 2.18. The van der Waals surface area contributed by atoms with Crippen molar-refractivity contribution < 1.29 is 4.74 Å². The summed E-state index contributed by atoms with van der Waals surface area (Å²) in [6.07, 6.45) is 3.42. The van der Waals surface area contributed by atoms with Gasteiger partial charge < -0.3 is 14.6 Å². The Bertz CT molecular complexity index is 928. The fraction of sp³-hybridized carbons (Fsp3) is 0.348. The van der Waals surface area contributed by atoms with Gasteiger partial charge in [0.15, 0.2) is 0 Å². The van der Waals surface area contributed by atoms with Crippen LogP contribution < -0.4 is 10.3 Å². The summed E-state index contributed by atoms with van der Waals surface area (Å²) in [5.74, 6) is 1.37. The SMILES string of the molecule is O=c1cc(OCCCN2CCC(c3ccccc3)CC2)c2ccccc2[nH]1. The minimum absolute atomic E-state index is 0.119. The van der Waals surface area contributed by atoms with Crippen LogP contribution >= 0.6 is 0 Å². The maximum absolute atomic E-state index is 11.8. The van der Waals surface area contributed by atoms with Gasteiger partial charge in [-0.05, 0) is 56.0 Å². The third-order valence-electron chi connectivity index (χ3n) is 5.45. The normalized spacial score (nSPS) is 15.9. The van der Waals surface area contributed by atoms with E-state index in [9.17, 15) is 4.79 Å². The van der Waals surface area contributed by atoms with Crippen LogP contribution in [0.2, 0.25) is 0 Å². The highest BCUT2D eigenvalue weighted by Crippen LogP contribution is 2.27. The molecule has 4 heteroatoms. The van der Waals surface area contributed by atoms with E-state index in [2.05, 4.69) is 40.2 Å². The van der Waals surface area contributed by atoms with Crippen molar-refractivity contribution in [2.75, 3.05) is 26.2 Å². The molecule has 3 aromatic rings. The molecule has 140 valence electrons. The van der Waals surface area contributed by atoms with E-state index in [1.807, 2.05) is 24.3 Å². The van der Waals surface area contributed by atoms with Crippen molar-refractivity contribution in [3.05, 3.63) is 76.6 Å². The Balaban J connectivity index is 1.25. The van der Waals surface area contributed by atoms with Crippen LogP contribution in [-0.4, -0.2) is 36.1 Å². The van der Waals surface area contributed by atoms with Gasteiger partial charge in [-0.1, -0.05) is 42.5 Å². The summed E-state index contributed by atoms with van der Waals surface area (Å²) < 4.78 is 5.93. The van der Waals surface area contributed by atoms with E-state index in [-0.39, 0.29) is 5.56 Å². The van der Waals surface area contributed by atoms with Gasteiger partial charge in [-0.25, -0.2) is 0 Å². The topological polar surface area (TPSA) is 45.3 Å². The first-order chi connectivity index (χ1) is 13.3. The van der Waals surface area contributed by atoms with Gasteiger partial charge in [0, 0.05) is 18.0 Å². The summed E-state index contributed by atoms with van der Waals surface area (Å²) in [7, 11) is 0. The highest BCUT2D eigenvalue weighted by atomic mass is 16.5. The Morgan fingerprint density at radius 3 is 2.56 bits per heavy atom. The molecule has 0 spiro atoms. The molecular formula is C23H26N2O2. The number of ether oxygens (including phenoxy) is 1. The average Bonchev–Trinajstić information content (AvgIpc) is 2.72. The zero-order valence-electron chi connectivity index (χ0n) is 15.6. The number of piperidine rings is 1. The van der Waals surface area contributed by atoms with Crippen LogP contribution in [-0.2, 0) is 0 Å². The van der Waals surface area contributed by atoms with Gasteiger partial charge in [-0.3, -0.25) is 4.79 Å². The number of nitrogens with one attached hydrogen (secondary N) is 1. The number of fused-ring (bicyclic) bond motifs is 1. The van der Waals surface area contributed by atoms with E-state index in [1.165, 1.54) is 18.4 Å². The van der Waals surface area contributed by atoms with Crippen LogP contribution in [0, 0.1) is 0 Å². The molecule has 2 heterocycles. The maximum atomic E-state index is 11.8. The average molecular weight is 362 g/mol. The summed E-state index contributed by atoms with van der Waals surface area (Å²) in [6.45, 7) is 3.97. The van der Waals surface area contributed by atoms with Crippen molar-refractivity contribution in [1.82, 2.24) is 9.88 Å². The second kappa shape index (κ2) is 8.40. The van der Waals surface area contributed by atoms with E-state index in [0.29, 0.717) is 18.3 Å². The molecular weight excluding hydrogens is 336 g/mol. The van der Waals surface area contributed by atoms with E-state index in [4.69, 9.17) is 4.74 Å². The number of likely N-dealkylation sites (tertiary alicyclic amines) is 1. The highest BCUT2D eigenvalue weighted by Gasteiger charge is 2.19. The van der Waals surface area contributed by atoms with Gasteiger partial charge >= 0.3 is 0 Å². The number of pyridine rings is 1.